The van der Waals surface area contributed by atoms with E-state index in [1.165, 1.54) is 4.31 Å². The Balaban J connectivity index is 2.12. The van der Waals surface area contributed by atoms with Crippen LogP contribution in [0.25, 0.3) is 10.4 Å². The van der Waals surface area contributed by atoms with Crippen LogP contribution in [-0.4, -0.2) is 31.9 Å². The lowest BCUT2D eigenvalue weighted by molar-refractivity contribution is 0.392. The SMILES string of the molecule is [N-]=[N+]=NCC1CCCN1S(=O)(=O)Cc1ccccc1. The monoisotopic (exact) mass is 280 g/mol. The third-order valence-electron chi connectivity index (χ3n) is 3.23. The number of nitrogens with zero attached hydrogens (tertiary/aromatic N) is 4. The van der Waals surface area contributed by atoms with Gasteiger partial charge in [-0.1, -0.05) is 35.4 Å². The number of hydrogen-bond donors (Lipinski definition) is 0. The Morgan fingerprint density at radius 3 is 2.79 bits per heavy atom. The highest BCUT2D eigenvalue weighted by Crippen LogP contribution is 2.23. The van der Waals surface area contributed by atoms with Crippen molar-refractivity contribution < 1.29 is 8.42 Å². The average molecular weight is 280 g/mol. The van der Waals surface area contributed by atoms with Crippen LogP contribution >= 0.6 is 0 Å². The van der Waals surface area contributed by atoms with Gasteiger partial charge in [0, 0.05) is 24.0 Å². The summed E-state index contributed by atoms with van der Waals surface area (Å²) in [6.45, 7) is 0.727. The Labute approximate surface area is 112 Å². The molecule has 0 N–H and O–H groups in total. The molecule has 0 bridgehead atoms. The first-order valence-electron chi connectivity index (χ1n) is 6.18. The first kappa shape index (κ1) is 13.9. The van der Waals surface area contributed by atoms with E-state index in [0.29, 0.717) is 6.54 Å². The fourth-order valence-corrected chi connectivity index (χ4v) is 4.17. The zero-order valence-electron chi connectivity index (χ0n) is 10.5. The van der Waals surface area contributed by atoms with E-state index in [9.17, 15) is 8.42 Å². The van der Waals surface area contributed by atoms with E-state index in [4.69, 9.17) is 5.53 Å². The minimum Gasteiger partial charge on any atom is -0.212 e. The fourth-order valence-electron chi connectivity index (χ4n) is 2.36. The molecule has 0 saturated carbocycles. The van der Waals surface area contributed by atoms with E-state index >= 15 is 0 Å². The lowest BCUT2D eigenvalue weighted by Crippen LogP contribution is -2.37. The summed E-state index contributed by atoms with van der Waals surface area (Å²) < 4.78 is 26.2. The number of sulfonamides is 1. The van der Waals surface area contributed by atoms with Gasteiger partial charge in [0.1, 0.15) is 0 Å². The summed E-state index contributed by atoms with van der Waals surface area (Å²) in [5, 5.41) is 3.50. The van der Waals surface area contributed by atoms with Crippen LogP contribution in [-0.2, 0) is 15.8 Å². The summed E-state index contributed by atoms with van der Waals surface area (Å²) in [5.41, 5.74) is 9.12. The molecule has 1 aliphatic heterocycles. The molecule has 1 aromatic carbocycles. The summed E-state index contributed by atoms with van der Waals surface area (Å²) in [4.78, 5) is 2.70. The Morgan fingerprint density at radius 1 is 1.37 bits per heavy atom. The van der Waals surface area contributed by atoms with E-state index in [1.54, 1.807) is 12.1 Å². The van der Waals surface area contributed by atoms with Crippen molar-refractivity contribution in [3.8, 4) is 0 Å². The van der Waals surface area contributed by atoms with Crippen molar-refractivity contribution in [2.24, 2.45) is 5.11 Å². The minimum absolute atomic E-state index is 0.000603. The summed E-state index contributed by atoms with van der Waals surface area (Å²) in [7, 11) is -3.34. The molecule has 6 nitrogen and oxygen atoms in total. The maximum Gasteiger partial charge on any atom is 0.218 e. The molecule has 1 saturated heterocycles. The van der Waals surface area contributed by atoms with E-state index in [1.807, 2.05) is 18.2 Å². The van der Waals surface area contributed by atoms with Crippen LogP contribution in [0, 0.1) is 0 Å². The molecule has 102 valence electrons. The molecule has 1 heterocycles. The van der Waals surface area contributed by atoms with Crippen molar-refractivity contribution in [2.75, 3.05) is 13.1 Å². The van der Waals surface area contributed by atoms with Gasteiger partial charge in [-0.3, -0.25) is 0 Å². The first-order valence-corrected chi connectivity index (χ1v) is 7.79. The number of benzene rings is 1. The van der Waals surface area contributed by atoms with E-state index in [2.05, 4.69) is 10.0 Å². The third kappa shape index (κ3) is 3.47. The molecule has 2 rings (SSSR count). The summed E-state index contributed by atoms with van der Waals surface area (Å²) >= 11 is 0. The van der Waals surface area contributed by atoms with Crippen LogP contribution in [0.3, 0.4) is 0 Å². The van der Waals surface area contributed by atoms with Crippen LogP contribution in [0.5, 0.6) is 0 Å². The molecule has 19 heavy (non-hydrogen) atoms. The van der Waals surface area contributed by atoms with Gasteiger partial charge >= 0.3 is 0 Å². The van der Waals surface area contributed by atoms with Crippen molar-refractivity contribution in [1.82, 2.24) is 4.31 Å². The molecule has 1 atom stereocenters. The van der Waals surface area contributed by atoms with Crippen molar-refractivity contribution in [2.45, 2.75) is 24.6 Å². The molecular weight excluding hydrogens is 264 g/mol. The molecule has 0 radical (unpaired) electrons. The average Bonchev–Trinajstić information content (AvgIpc) is 2.86. The highest BCUT2D eigenvalue weighted by Gasteiger charge is 2.33. The zero-order valence-corrected chi connectivity index (χ0v) is 11.3. The molecule has 1 unspecified atom stereocenters. The van der Waals surface area contributed by atoms with Gasteiger partial charge in [-0.05, 0) is 23.9 Å². The molecular formula is C12H16N4O2S. The Morgan fingerprint density at radius 2 is 2.11 bits per heavy atom. The van der Waals surface area contributed by atoms with E-state index in [0.717, 1.165) is 18.4 Å². The van der Waals surface area contributed by atoms with E-state index in [-0.39, 0.29) is 18.3 Å². The maximum absolute atomic E-state index is 12.4. The van der Waals surface area contributed by atoms with Crippen LogP contribution in [0.1, 0.15) is 18.4 Å². The Kier molecular flexibility index (Phi) is 4.42. The van der Waals surface area contributed by atoms with Crippen LogP contribution in [0.4, 0.5) is 0 Å². The molecule has 1 aliphatic rings. The lowest BCUT2D eigenvalue weighted by Gasteiger charge is -2.22. The largest absolute Gasteiger partial charge is 0.218 e. The number of hydrogen-bond acceptors (Lipinski definition) is 3. The molecule has 1 fully saturated rings. The predicted molar refractivity (Wildman–Crippen MR) is 72.8 cm³/mol. The standard InChI is InChI=1S/C12H16N4O2S/c13-15-14-9-12-7-4-8-16(12)19(17,18)10-11-5-2-1-3-6-11/h1-3,5-6,12H,4,7-10H2. The van der Waals surface area contributed by atoms with Gasteiger partial charge in [-0.25, -0.2) is 8.42 Å². The molecule has 0 spiro atoms. The second-order valence-corrected chi connectivity index (χ2v) is 6.48. The number of azide groups is 1. The Bertz CT molecular complexity index is 567. The van der Waals surface area contributed by atoms with Crippen LogP contribution < -0.4 is 0 Å². The topological polar surface area (TPSA) is 86.1 Å². The van der Waals surface area contributed by atoms with Gasteiger partial charge < -0.3 is 0 Å². The predicted octanol–water partition coefficient (Wildman–Crippen LogP) is 2.29. The lowest BCUT2D eigenvalue weighted by atomic mass is 10.2. The molecule has 1 aromatic rings. The molecule has 7 heteroatoms. The van der Waals surface area contributed by atoms with Gasteiger partial charge in [0.15, 0.2) is 0 Å². The van der Waals surface area contributed by atoms with Crippen LogP contribution in [0.2, 0.25) is 0 Å². The third-order valence-corrected chi connectivity index (χ3v) is 5.12. The molecule has 0 amide bonds. The summed E-state index contributed by atoms with van der Waals surface area (Å²) in [5.74, 6) is 0.000603. The second-order valence-electron chi connectivity index (χ2n) is 4.56. The fraction of sp³-hybridized carbons (Fsp3) is 0.500. The van der Waals surface area contributed by atoms with Crippen molar-refractivity contribution in [3.05, 3.63) is 46.3 Å². The van der Waals surface area contributed by atoms with E-state index < -0.39 is 10.0 Å². The highest BCUT2D eigenvalue weighted by molar-refractivity contribution is 7.88. The van der Waals surface area contributed by atoms with Gasteiger partial charge in [0.05, 0.1) is 5.75 Å². The van der Waals surface area contributed by atoms with Crippen molar-refractivity contribution in [1.29, 1.82) is 0 Å². The van der Waals surface area contributed by atoms with Gasteiger partial charge in [0.2, 0.25) is 10.0 Å². The van der Waals surface area contributed by atoms with Gasteiger partial charge in [0.25, 0.3) is 0 Å². The zero-order chi connectivity index (χ0) is 13.7. The van der Waals surface area contributed by atoms with Crippen molar-refractivity contribution in [3.63, 3.8) is 0 Å². The van der Waals surface area contributed by atoms with Gasteiger partial charge in [-0.2, -0.15) is 4.31 Å². The first-order chi connectivity index (χ1) is 9.13. The normalized spacial score (nSPS) is 20.1. The molecule has 0 aromatic heterocycles. The second kappa shape index (κ2) is 6.06. The van der Waals surface area contributed by atoms with Crippen molar-refractivity contribution >= 4 is 10.0 Å². The smallest absolute Gasteiger partial charge is 0.212 e. The molecule has 0 aliphatic carbocycles. The highest BCUT2D eigenvalue weighted by atomic mass is 32.2. The van der Waals surface area contributed by atoms with Crippen LogP contribution in [0.15, 0.2) is 35.4 Å². The minimum atomic E-state index is -3.34. The summed E-state index contributed by atoms with van der Waals surface area (Å²) in [6.07, 6.45) is 1.58. The number of rotatable bonds is 5. The summed E-state index contributed by atoms with van der Waals surface area (Å²) in [6, 6.07) is 8.92. The quantitative estimate of drug-likeness (QED) is 0.470. The Hall–Kier alpha value is -1.56. The maximum atomic E-state index is 12.4. The van der Waals surface area contributed by atoms with Gasteiger partial charge in [-0.15, -0.1) is 0 Å².